The summed E-state index contributed by atoms with van der Waals surface area (Å²) >= 11 is 5.77. The predicted molar refractivity (Wildman–Crippen MR) is 80.8 cm³/mol. The molecule has 126 valence electrons. The predicted octanol–water partition coefficient (Wildman–Crippen LogP) is 3.79. The molecule has 0 spiro atoms. The van der Waals surface area contributed by atoms with E-state index in [2.05, 4.69) is 6.58 Å². The molecule has 3 nitrogen and oxygen atoms in total. The molecule has 1 saturated carbocycles. The van der Waals surface area contributed by atoms with Crippen LogP contribution in [0.1, 0.15) is 30.4 Å². The van der Waals surface area contributed by atoms with Gasteiger partial charge in [-0.05, 0) is 49.1 Å². The van der Waals surface area contributed by atoms with E-state index in [1.54, 1.807) is 0 Å². The van der Waals surface area contributed by atoms with Crippen LogP contribution in [0.5, 0.6) is 0 Å². The van der Waals surface area contributed by atoms with Gasteiger partial charge in [0.2, 0.25) is 5.91 Å². The topological polar surface area (TPSA) is 40.5 Å². The Balaban J connectivity index is 2.31. The zero-order valence-electron chi connectivity index (χ0n) is 12.3. The molecule has 1 amide bonds. The van der Waals surface area contributed by atoms with E-state index in [0.29, 0.717) is 12.8 Å². The molecule has 2 rings (SSSR count). The first kappa shape index (κ1) is 17.8. The molecule has 1 aromatic rings. The van der Waals surface area contributed by atoms with Gasteiger partial charge in [0.1, 0.15) is 0 Å². The molecule has 1 aliphatic carbocycles. The SMILES string of the molecule is C=CC(=O)N(Cc1cc(Cl)cc(C(F)(F)F)c1)[C@@H]1CCC[C@H]1O. The third-order valence-electron chi connectivity index (χ3n) is 3.94. The zero-order chi connectivity index (χ0) is 17.2. The van der Waals surface area contributed by atoms with Gasteiger partial charge in [-0.15, -0.1) is 0 Å². The van der Waals surface area contributed by atoms with Gasteiger partial charge >= 0.3 is 6.18 Å². The lowest BCUT2D eigenvalue weighted by Gasteiger charge is -2.30. The molecule has 7 heteroatoms. The first-order valence-electron chi connectivity index (χ1n) is 7.20. The Labute approximate surface area is 137 Å². The summed E-state index contributed by atoms with van der Waals surface area (Å²) in [4.78, 5) is 13.4. The monoisotopic (exact) mass is 347 g/mol. The van der Waals surface area contributed by atoms with Crippen LogP contribution in [0, 0.1) is 0 Å². The summed E-state index contributed by atoms with van der Waals surface area (Å²) < 4.78 is 38.6. The van der Waals surface area contributed by atoms with Gasteiger partial charge in [0.25, 0.3) is 0 Å². The van der Waals surface area contributed by atoms with Crippen molar-refractivity contribution in [2.45, 2.75) is 44.1 Å². The van der Waals surface area contributed by atoms with Gasteiger partial charge in [0, 0.05) is 11.6 Å². The lowest BCUT2D eigenvalue weighted by Crippen LogP contribution is -2.43. The molecule has 1 fully saturated rings. The van der Waals surface area contributed by atoms with Crippen LogP contribution in [-0.4, -0.2) is 28.1 Å². The van der Waals surface area contributed by atoms with Crippen molar-refractivity contribution in [1.29, 1.82) is 0 Å². The van der Waals surface area contributed by atoms with E-state index < -0.39 is 29.8 Å². The lowest BCUT2D eigenvalue weighted by molar-refractivity contribution is -0.137. The first-order chi connectivity index (χ1) is 10.7. The molecule has 2 atom stereocenters. The van der Waals surface area contributed by atoms with Gasteiger partial charge < -0.3 is 10.0 Å². The third kappa shape index (κ3) is 4.26. The van der Waals surface area contributed by atoms with E-state index >= 15 is 0 Å². The van der Waals surface area contributed by atoms with Crippen molar-refractivity contribution >= 4 is 17.5 Å². The molecular weight excluding hydrogens is 331 g/mol. The summed E-state index contributed by atoms with van der Waals surface area (Å²) in [6.07, 6.45) is -2.17. The van der Waals surface area contributed by atoms with Crippen LogP contribution in [0.3, 0.4) is 0 Å². The van der Waals surface area contributed by atoms with Gasteiger partial charge in [-0.3, -0.25) is 4.79 Å². The van der Waals surface area contributed by atoms with E-state index in [9.17, 15) is 23.1 Å². The van der Waals surface area contributed by atoms with Crippen molar-refractivity contribution in [2.75, 3.05) is 0 Å². The van der Waals surface area contributed by atoms with Gasteiger partial charge in [-0.25, -0.2) is 0 Å². The van der Waals surface area contributed by atoms with Crippen LogP contribution >= 0.6 is 11.6 Å². The molecule has 0 radical (unpaired) electrons. The molecule has 23 heavy (non-hydrogen) atoms. The first-order valence-corrected chi connectivity index (χ1v) is 7.58. The Morgan fingerprint density at radius 3 is 2.61 bits per heavy atom. The summed E-state index contributed by atoms with van der Waals surface area (Å²) in [6, 6.07) is 2.78. The summed E-state index contributed by atoms with van der Waals surface area (Å²) in [5.41, 5.74) is -0.600. The summed E-state index contributed by atoms with van der Waals surface area (Å²) in [7, 11) is 0. The van der Waals surface area contributed by atoms with E-state index in [1.165, 1.54) is 11.0 Å². The van der Waals surface area contributed by atoms with Gasteiger partial charge in [-0.1, -0.05) is 18.2 Å². The number of aliphatic hydroxyl groups is 1. The molecule has 0 aliphatic heterocycles. The minimum Gasteiger partial charge on any atom is -0.391 e. The second-order valence-corrected chi connectivity index (χ2v) is 6.02. The van der Waals surface area contributed by atoms with E-state index in [1.807, 2.05) is 0 Å². The van der Waals surface area contributed by atoms with Crippen molar-refractivity contribution < 1.29 is 23.1 Å². The zero-order valence-corrected chi connectivity index (χ0v) is 13.1. The summed E-state index contributed by atoms with van der Waals surface area (Å²) in [6.45, 7) is 3.36. The highest BCUT2D eigenvalue weighted by Crippen LogP contribution is 2.33. The number of rotatable bonds is 4. The number of amides is 1. The van der Waals surface area contributed by atoms with Crippen LogP contribution in [-0.2, 0) is 17.5 Å². The highest BCUT2D eigenvalue weighted by molar-refractivity contribution is 6.30. The lowest BCUT2D eigenvalue weighted by atomic mass is 10.1. The van der Waals surface area contributed by atoms with Crippen molar-refractivity contribution in [3.63, 3.8) is 0 Å². The maximum Gasteiger partial charge on any atom is 0.416 e. The smallest absolute Gasteiger partial charge is 0.391 e. The molecule has 0 saturated heterocycles. The molecule has 1 aromatic carbocycles. The number of halogens is 4. The number of carbonyl (C=O) groups excluding carboxylic acids is 1. The fraction of sp³-hybridized carbons (Fsp3) is 0.438. The van der Waals surface area contributed by atoms with Crippen molar-refractivity contribution in [1.82, 2.24) is 4.90 Å². The Morgan fingerprint density at radius 2 is 2.09 bits per heavy atom. The van der Waals surface area contributed by atoms with Gasteiger partial charge in [0.05, 0.1) is 17.7 Å². The Hall–Kier alpha value is -1.53. The molecule has 1 aliphatic rings. The number of carbonyl (C=O) groups is 1. The number of hydrogen-bond donors (Lipinski definition) is 1. The van der Waals surface area contributed by atoms with E-state index in [4.69, 9.17) is 11.6 Å². The molecule has 0 bridgehead atoms. The standard InChI is InChI=1S/C16H17ClF3NO2/c1-2-15(23)21(13-4-3-5-14(13)22)9-10-6-11(16(18,19)20)8-12(17)7-10/h2,6-8,13-14,22H,1,3-5,9H2/t13-,14-/m1/s1. The summed E-state index contributed by atoms with van der Waals surface area (Å²) in [5.74, 6) is -0.426. The largest absolute Gasteiger partial charge is 0.416 e. The molecule has 0 heterocycles. The number of benzene rings is 1. The minimum atomic E-state index is -4.51. The van der Waals surface area contributed by atoms with Gasteiger partial charge in [0.15, 0.2) is 0 Å². The highest BCUT2D eigenvalue weighted by atomic mass is 35.5. The third-order valence-corrected chi connectivity index (χ3v) is 4.16. The Bertz CT molecular complexity index is 603. The highest BCUT2D eigenvalue weighted by Gasteiger charge is 2.34. The quantitative estimate of drug-likeness (QED) is 0.842. The van der Waals surface area contributed by atoms with Gasteiger partial charge in [-0.2, -0.15) is 13.2 Å². The molecule has 0 unspecified atom stereocenters. The van der Waals surface area contributed by atoms with Crippen LogP contribution in [0.4, 0.5) is 13.2 Å². The Morgan fingerprint density at radius 1 is 1.39 bits per heavy atom. The van der Waals surface area contributed by atoms with E-state index in [0.717, 1.165) is 24.6 Å². The van der Waals surface area contributed by atoms with Crippen LogP contribution < -0.4 is 0 Å². The average Bonchev–Trinajstić information content (AvgIpc) is 2.88. The van der Waals surface area contributed by atoms with Crippen LogP contribution in [0.25, 0.3) is 0 Å². The van der Waals surface area contributed by atoms with Crippen LogP contribution in [0.2, 0.25) is 5.02 Å². The maximum absolute atomic E-state index is 12.9. The van der Waals surface area contributed by atoms with Crippen LogP contribution in [0.15, 0.2) is 30.9 Å². The fourth-order valence-corrected chi connectivity index (χ4v) is 3.12. The summed E-state index contributed by atoms with van der Waals surface area (Å²) in [5, 5.41) is 9.94. The average molecular weight is 348 g/mol. The number of nitrogens with zero attached hydrogens (tertiary/aromatic N) is 1. The number of hydrogen-bond acceptors (Lipinski definition) is 2. The molecule has 0 aromatic heterocycles. The number of aliphatic hydroxyl groups excluding tert-OH is 1. The van der Waals surface area contributed by atoms with Crippen molar-refractivity contribution in [3.05, 3.63) is 47.0 Å². The van der Waals surface area contributed by atoms with E-state index in [-0.39, 0.29) is 17.1 Å². The van der Waals surface area contributed by atoms with Crippen molar-refractivity contribution in [3.8, 4) is 0 Å². The Kier molecular flexibility index (Phi) is 5.37. The van der Waals surface area contributed by atoms with Crippen molar-refractivity contribution in [2.24, 2.45) is 0 Å². The number of alkyl halides is 3. The second kappa shape index (κ2) is 6.93. The normalized spacial score (nSPS) is 21.3. The second-order valence-electron chi connectivity index (χ2n) is 5.58. The minimum absolute atomic E-state index is 0.0483. The molecule has 1 N–H and O–H groups in total. The molecular formula is C16H17ClF3NO2. The maximum atomic E-state index is 12.9. The fourth-order valence-electron chi connectivity index (χ4n) is 2.86.